The number of ether oxygens (including phenoxy) is 1. The monoisotopic (exact) mass is 274 g/mol. The number of aromatic nitrogens is 1. The average molecular weight is 274 g/mol. The Morgan fingerprint density at radius 2 is 2.10 bits per heavy atom. The Labute approximate surface area is 115 Å². The highest BCUT2D eigenvalue weighted by Crippen LogP contribution is 2.24. The minimum Gasteiger partial charge on any atom is -0.496 e. The molecular formula is C14H14N2O4. The number of non-ortho nitro benzene ring substituents is 1. The summed E-state index contributed by atoms with van der Waals surface area (Å²) >= 11 is 0. The standard InChI is InChI=1S/C14H14N2O4/c1-10-4-3-7-15(14(10)17)9-11-8-12(16(18)19)5-6-13(11)20-2/h3-8H,9H2,1-2H3. The quantitative estimate of drug-likeness (QED) is 0.632. The van der Waals surface area contributed by atoms with Crippen molar-refractivity contribution in [2.45, 2.75) is 13.5 Å². The molecule has 2 rings (SSSR count). The van der Waals surface area contributed by atoms with Gasteiger partial charge >= 0.3 is 0 Å². The van der Waals surface area contributed by atoms with Crippen LogP contribution in [0.1, 0.15) is 11.1 Å². The van der Waals surface area contributed by atoms with E-state index in [9.17, 15) is 14.9 Å². The first-order valence-electron chi connectivity index (χ1n) is 6.00. The van der Waals surface area contributed by atoms with Crippen LogP contribution in [0.15, 0.2) is 41.3 Å². The molecule has 0 saturated carbocycles. The molecule has 1 heterocycles. The van der Waals surface area contributed by atoms with Crippen molar-refractivity contribution in [1.82, 2.24) is 4.57 Å². The van der Waals surface area contributed by atoms with Crippen LogP contribution in [0, 0.1) is 17.0 Å². The highest BCUT2D eigenvalue weighted by atomic mass is 16.6. The Morgan fingerprint density at radius 3 is 2.75 bits per heavy atom. The second-order valence-corrected chi connectivity index (χ2v) is 4.38. The number of pyridine rings is 1. The molecule has 0 saturated heterocycles. The Morgan fingerprint density at radius 1 is 1.35 bits per heavy atom. The van der Waals surface area contributed by atoms with Gasteiger partial charge in [-0.1, -0.05) is 6.07 Å². The number of nitrogens with zero attached hydrogens (tertiary/aromatic N) is 2. The summed E-state index contributed by atoms with van der Waals surface area (Å²) in [5.41, 5.74) is 1.06. The van der Waals surface area contributed by atoms with Crippen molar-refractivity contribution in [1.29, 1.82) is 0 Å². The van der Waals surface area contributed by atoms with E-state index in [4.69, 9.17) is 4.74 Å². The summed E-state index contributed by atoms with van der Waals surface area (Å²) in [6.07, 6.45) is 1.65. The van der Waals surface area contributed by atoms with Crippen LogP contribution in [0.2, 0.25) is 0 Å². The van der Waals surface area contributed by atoms with Gasteiger partial charge in [0, 0.05) is 29.5 Å². The largest absolute Gasteiger partial charge is 0.496 e. The van der Waals surface area contributed by atoms with Gasteiger partial charge in [-0.2, -0.15) is 0 Å². The number of rotatable bonds is 4. The maximum Gasteiger partial charge on any atom is 0.270 e. The normalized spacial score (nSPS) is 10.3. The molecule has 2 aromatic rings. The zero-order valence-electron chi connectivity index (χ0n) is 11.2. The van der Waals surface area contributed by atoms with E-state index < -0.39 is 4.92 Å². The minimum atomic E-state index is -0.470. The molecule has 0 aliphatic carbocycles. The Balaban J connectivity index is 2.46. The molecule has 1 aromatic carbocycles. The van der Waals surface area contributed by atoms with E-state index in [0.717, 1.165) is 0 Å². The first-order chi connectivity index (χ1) is 9.52. The van der Waals surface area contributed by atoms with Crippen LogP contribution in [0.25, 0.3) is 0 Å². The van der Waals surface area contributed by atoms with Crippen molar-refractivity contribution < 1.29 is 9.66 Å². The van der Waals surface area contributed by atoms with E-state index in [0.29, 0.717) is 16.9 Å². The fourth-order valence-corrected chi connectivity index (χ4v) is 1.97. The third-order valence-electron chi connectivity index (χ3n) is 3.03. The Hall–Kier alpha value is -2.63. The van der Waals surface area contributed by atoms with Gasteiger partial charge < -0.3 is 9.30 Å². The molecule has 20 heavy (non-hydrogen) atoms. The molecule has 0 amide bonds. The molecule has 0 aliphatic heterocycles. The summed E-state index contributed by atoms with van der Waals surface area (Å²) in [6, 6.07) is 7.83. The highest BCUT2D eigenvalue weighted by molar-refractivity contribution is 5.44. The molecule has 0 bridgehead atoms. The van der Waals surface area contributed by atoms with Gasteiger partial charge in [0.05, 0.1) is 18.6 Å². The molecule has 0 radical (unpaired) electrons. The molecule has 6 heteroatoms. The van der Waals surface area contributed by atoms with Crippen molar-refractivity contribution in [2.24, 2.45) is 0 Å². The van der Waals surface area contributed by atoms with Gasteiger partial charge in [-0.05, 0) is 19.1 Å². The first kappa shape index (κ1) is 13.8. The number of benzene rings is 1. The third-order valence-corrected chi connectivity index (χ3v) is 3.03. The predicted molar refractivity (Wildman–Crippen MR) is 74.2 cm³/mol. The van der Waals surface area contributed by atoms with Crippen LogP contribution in [-0.2, 0) is 6.54 Å². The molecule has 104 valence electrons. The molecule has 0 atom stereocenters. The van der Waals surface area contributed by atoms with Crippen molar-refractivity contribution in [3.05, 3.63) is 68.1 Å². The van der Waals surface area contributed by atoms with E-state index in [2.05, 4.69) is 0 Å². The maximum absolute atomic E-state index is 12.0. The SMILES string of the molecule is COc1ccc([N+](=O)[O-])cc1Cn1cccc(C)c1=O. The molecular weight excluding hydrogens is 260 g/mol. The van der Waals surface area contributed by atoms with Crippen LogP contribution >= 0.6 is 0 Å². The summed E-state index contributed by atoms with van der Waals surface area (Å²) in [5, 5.41) is 10.8. The zero-order valence-corrected chi connectivity index (χ0v) is 11.2. The van der Waals surface area contributed by atoms with Crippen molar-refractivity contribution >= 4 is 5.69 Å². The minimum absolute atomic E-state index is 0.0264. The highest BCUT2D eigenvalue weighted by Gasteiger charge is 2.12. The molecule has 0 N–H and O–H groups in total. The van der Waals surface area contributed by atoms with Crippen LogP contribution in [-0.4, -0.2) is 16.6 Å². The van der Waals surface area contributed by atoms with E-state index in [1.54, 1.807) is 25.3 Å². The lowest BCUT2D eigenvalue weighted by Gasteiger charge is -2.10. The third kappa shape index (κ3) is 2.69. The number of hydrogen-bond donors (Lipinski definition) is 0. The Bertz CT molecular complexity index is 707. The van der Waals surface area contributed by atoms with Gasteiger partial charge in [0.15, 0.2) is 0 Å². The molecule has 0 aliphatic rings. The van der Waals surface area contributed by atoms with Crippen LogP contribution < -0.4 is 10.3 Å². The summed E-state index contributed by atoms with van der Waals surface area (Å²) in [4.78, 5) is 22.3. The fourth-order valence-electron chi connectivity index (χ4n) is 1.97. The predicted octanol–water partition coefficient (Wildman–Crippen LogP) is 2.12. The maximum atomic E-state index is 12.0. The van der Waals surface area contributed by atoms with Crippen LogP contribution in [0.5, 0.6) is 5.75 Å². The van der Waals surface area contributed by atoms with Crippen molar-refractivity contribution in [2.75, 3.05) is 7.11 Å². The van der Waals surface area contributed by atoms with E-state index in [-0.39, 0.29) is 17.8 Å². The molecule has 6 nitrogen and oxygen atoms in total. The zero-order chi connectivity index (χ0) is 14.7. The van der Waals surface area contributed by atoms with Gasteiger partial charge in [-0.3, -0.25) is 14.9 Å². The van der Waals surface area contributed by atoms with E-state index >= 15 is 0 Å². The van der Waals surface area contributed by atoms with Gasteiger partial charge in [-0.15, -0.1) is 0 Å². The number of methoxy groups -OCH3 is 1. The molecule has 0 fully saturated rings. The summed E-state index contributed by atoms with van der Waals surface area (Å²) in [6.45, 7) is 1.95. The van der Waals surface area contributed by atoms with Gasteiger partial charge in [0.2, 0.25) is 0 Å². The molecule has 0 spiro atoms. The van der Waals surface area contributed by atoms with Gasteiger partial charge in [0.1, 0.15) is 5.75 Å². The van der Waals surface area contributed by atoms with Crippen LogP contribution in [0.3, 0.4) is 0 Å². The number of hydrogen-bond acceptors (Lipinski definition) is 4. The number of aryl methyl sites for hydroxylation is 1. The lowest BCUT2D eigenvalue weighted by Crippen LogP contribution is -2.21. The second-order valence-electron chi connectivity index (χ2n) is 4.38. The van der Waals surface area contributed by atoms with Crippen molar-refractivity contribution in [3.8, 4) is 5.75 Å². The average Bonchev–Trinajstić information content (AvgIpc) is 2.43. The Kier molecular flexibility index (Phi) is 3.84. The fraction of sp³-hybridized carbons (Fsp3) is 0.214. The lowest BCUT2D eigenvalue weighted by molar-refractivity contribution is -0.384. The summed E-state index contributed by atoms with van der Waals surface area (Å²) in [7, 11) is 1.49. The number of nitro benzene ring substituents is 1. The smallest absolute Gasteiger partial charge is 0.270 e. The summed E-state index contributed by atoms with van der Waals surface area (Å²) < 4.78 is 6.68. The topological polar surface area (TPSA) is 74.4 Å². The van der Waals surface area contributed by atoms with Gasteiger partial charge in [0.25, 0.3) is 11.2 Å². The van der Waals surface area contributed by atoms with E-state index in [1.165, 1.54) is 29.9 Å². The second kappa shape index (κ2) is 5.56. The van der Waals surface area contributed by atoms with Crippen LogP contribution in [0.4, 0.5) is 5.69 Å². The van der Waals surface area contributed by atoms with Gasteiger partial charge in [-0.25, -0.2) is 0 Å². The lowest BCUT2D eigenvalue weighted by atomic mass is 10.1. The summed E-state index contributed by atoms with van der Waals surface area (Å²) in [5.74, 6) is 0.518. The van der Waals surface area contributed by atoms with Crippen molar-refractivity contribution in [3.63, 3.8) is 0 Å². The van der Waals surface area contributed by atoms with E-state index in [1.807, 2.05) is 0 Å². The first-order valence-corrected chi connectivity index (χ1v) is 6.00. The number of nitro groups is 1. The molecule has 0 unspecified atom stereocenters. The molecule has 1 aromatic heterocycles.